The Kier molecular flexibility index (Phi) is 4.32. The number of halogens is 3. The van der Waals surface area contributed by atoms with Gasteiger partial charge in [0.1, 0.15) is 17.7 Å². The van der Waals surface area contributed by atoms with E-state index in [0.29, 0.717) is 24.2 Å². The summed E-state index contributed by atoms with van der Waals surface area (Å²) >= 11 is 0. The molecule has 1 fully saturated rings. The van der Waals surface area contributed by atoms with Gasteiger partial charge in [-0.05, 0) is 12.1 Å². The summed E-state index contributed by atoms with van der Waals surface area (Å²) in [7, 11) is 0. The highest BCUT2D eigenvalue weighted by Gasteiger charge is 2.29. The van der Waals surface area contributed by atoms with Crippen LogP contribution in [-0.2, 0) is 16.0 Å². The number of nitrogens with zero attached hydrogens (tertiary/aromatic N) is 2. The van der Waals surface area contributed by atoms with Gasteiger partial charge in [-0.1, -0.05) is 0 Å². The molecule has 0 aliphatic carbocycles. The maximum absolute atomic E-state index is 13.3. The summed E-state index contributed by atoms with van der Waals surface area (Å²) in [6.45, 7) is 0.579. The number of fused-ring (bicyclic) bond motifs is 1. The van der Waals surface area contributed by atoms with Gasteiger partial charge >= 0.3 is 0 Å². The molecule has 1 aliphatic rings. The maximum Gasteiger partial charge on any atom is 0.256 e. The van der Waals surface area contributed by atoms with Gasteiger partial charge in [-0.25, -0.2) is 18.2 Å². The van der Waals surface area contributed by atoms with Crippen molar-refractivity contribution in [3.8, 4) is 0 Å². The normalized spacial score (nSPS) is 20.7. The van der Waals surface area contributed by atoms with Crippen LogP contribution in [0.25, 0.3) is 11.0 Å². The van der Waals surface area contributed by atoms with Crippen molar-refractivity contribution in [3.05, 3.63) is 29.8 Å². The third-order valence-corrected chi connectivity index (χ3v) is 3.60. The van der Waals surface area contributed by atoms with E-state index in [-0.39, 0.29) is 12.4 Å². The Morgan fingerprint density at radius 3 is 2.86 bits per heavy atom. The van der Waals surface area contributed by atoms with Crippen LogP contribution in [0.3, 0.4) is 0 Å². The summed E-state index contributed by atoms with van der Waals surface area (Å²) in [6.07, 6.45) is -3.04. The molecule has 3 rings (SSSR count). The molecule has 0 bridgehead atoms. The molecule has 1 aromatic carbocycles. The fraction of sp³-hybridized carbons (Fsp3) is 0.500. The van der Waals surface area contributed by atoms with Crippen LogP contribution in [0.5, 0.6) is 0 Å². The van der Waals surface area contributed by atoms with Gasteiger partial charge in [0.2, 0.25) is 0 Å². The number of imidazole rings is 1. The van der Waals surface area contributed by atoms with Crippen molar-refractivity contribution < 1.29 is 22.6 Å². The highest BCUT2D eigenvalue weighted by molar-refractivity contribution is 5.76. The molecule has 1 aromatic heterocycles. The Hall–Kier alpha value is -1.64. The maximum atomic E-state index is 13.3. The second-order valence-corrected chi connectivity index (χ2v) is 5.11. The van der Waals surface area contributed by atoms with Crippen LogP contribution in [-0.4, -0.2) is 41.9 Å². The van der Waals surface area contributed by atoms with Crippen LogP contribution < -0.4 is 5.73 Å². The lowest BCUT2D eigenvalue weighted by molar-refractivity contribution is -0.0988. The molecule has 2 aromatic rings. The van der Waals surface area contributed by atoms with Crippen molar-refractivity contribution in [2.24, 2.45) is 5.73 Å². The molecular weight excluding hydrogens is 299 g/mol. The second-order valence-electron chi connectivity index (χ2n) is 5.11. The molecule has 0 amide bonds. The minimum atomic E-state index is -2.57. The molecule has 5 nitrogen and oxygen atoms in total. The van der Waals surface area contributed by atoms with Crippen LogP contribution in [0.4, 0.5) is 13.2 Å². The minimum absolute atomic E-state index is 0.247. The first-order chi connectivity index (χ1) is 10.6. The summed E-state index contributed by atoms with van der Waals surface area (Å²) in [5.41, 5.74) is 6.84. The summed E-state index contributed by atoms with van der Waals surface area (Å²) in [5, 5.41) is 0. The minimum Gasteiger partial charge on any atom is -0.376 e. The van der Waals surface area contributed by atoms with E-state index in [4.69, 9.17) is 15.2 Å². The third-order valence-electron chi connectivity index (χ3n) is 3.60. The molecule has 0 radical (unpaired) electrons. The smallest absolute Gasteiger partial charge is 0.256 e. The molecule has 2 heterocycles. The predicted octanol–water partition coefficient (Wildman–Crippen LogP) is 1.86. The number of hydrogen-bond donors (Lipinski definition) is 1. The van der Waals surface area contributed by atoms with Gasteiger partial charge in [0.15, 0.2) is 0 Å². The number of benzene rings is 1. The van der Waals surface area contributed by atoms with Crippen molar-refractivity contribution in [2.45, 2.75) is 25.1 Å². The van der Waals surface area contributed by atoms with Gasteiger partial charge in [-0.3, -0.25) is 0 Å². The Labute approximate surface area is 124 Å². The number of alkyl halides is 2. The summed E-state index contributed by atoms with van der Waals surface area (Å²) < 4.78 is 51.2. The quantitative estimate of drug-likeness (QED) is 0.935. The van der Waals surface area contributed by atoms with Gasteiger partial charge in [-0.15, -0.1) is 0 Å². The fourth-order valence-electron chi connectivity index (χ4n) is 2.59. The number of rotatable bonds is 4. The molecule has 8 heteroatoms. The monoisotopic (exact) mass is 315 g/mol. The van der Waals surface area contributed by atoms with Crippen molar-refractivity contribution in [1.29, 1.82) is 0 Å². The lowest BCUT2D eigenvalue weighted by Gasteiger charge is -2.28. The van der Waals surface area contributed by atoms with Crippen LogP contribution in [0.15, 0.2) is 18.2 Å². The fourth-order valence-corrected chi connectivity index (χ4v) is 2.59. The van der Waals surface area contributed by atoms with Crippen LogP contribution in [0.1, 0.15) is 11.9 Å². The van der Waals surface area contributed by atoms with E-state index in [0.717, 1.165) is 0 Å². The lowest BCUT2D eigenvalue weighted by atomic mass is 10.1. The average Bonchev–Trinajstić information content (AvgIpc) is 2.84. The third kappa shape index (κ3) is 2.94. The van der Waals surface area contributed by atoms with E-state index in [1.807, 2.05) is 0 Å². The number of ether oxygens (including phenoxy) is 2. The van der Waals surface area contributed by atoms with Gasteiger partial charge in [0, 0.05) is 6.07 Å². The summed E-state index contributed by atoms with van der Waals surface area (Å²) in [6, 6.07) is 3.11. The molecule has 22 heavy (non-hydrogen) atoms. The van der Waals surface area contributed by atoms with Gasteiger partial charge in [-0.2, -0.15) is 0 Å². The average molecular weight is 315 g/mol. The Morgan fingerprint density at radius 1 is 1.36 bits per heavy atom. The van der Waals surface area contributed by atoms with Crippen molar-refractivity contribution in [2.75, 3.05) is 19.8 Å². The molecule has 1 aliphatic heterocycles. The van der Waals surface area contributed by atoms with Crippen molar-refractivity contribution in [3.63, 3.8) is 0 Å². The van der Waals surface area contributed by atoms with Crippen LogP contribution in [0.2, 0.25) is 0 Å². The zero-order chi connectivity index (χ0) is 15.7. The predicted molar refractivity (Wildman–Crippen MR) is 73.2 cm³/mol. The van der Waals surface area contributed by atoms with E-state index < -0.39 is 30.9 Å². The largest absolute Gasteiger partial charge is 0.376 e. The van der Waals surface area contributed by atoms with Crippen molar-refractivity contribution >= 4 is 11.0 Å². The highest BCUT2D eigenvalue weighted by atomic mass is 19.3. The molecule has 120 valence electrons. The molecule has 1 saturated heterocycles. The zero-order valence-corrected chi connectivity index (χ0v) is 11.7. The van der Waals surface area contributed by atoms with E-state index in [1.54, 1.807) is 0 Å². The van der Waals surface area contributed by atoms with E-state index >= 15 is 0 Å². The Morgan fingerprint density at radius 2 is 2.18 bits per heavy atom. The summed E-state index contributed by atoms with van der Waals surface area (Å²) in [4.78, 5) is 4.23. The van der Waals surface area contributed by atoms with Gasteiger partial charge < -0.3 is 19.8 Å². The molecule has 0 spiro atoms. The molecular formula is C14H16F3N3O2. The Bertz CT molecular complexity index is 656. The lowest BCUT2D eigenvalue weighted by Crippen LogP contribution is -2.39. The zero-order valence-electron chi connectivity index (χ0n) is 11.7. The standard InChI is InChI=1S/C14H16F3N3O2/c15-8-1-2-10-9(5-8)19-14(20(10)6-12(16)17)13(18)11-7-21-3-4-22-11/h1-2,5,11-13H,3-4,6-7,18H2/t11-,13?/m0/s1. The first-order valence-corrected chi connectivity index (χ1v) is 6.95. The topological polar surface area (TPSA) is 62.3 Å². The first-order valence-electron chi connectivity index (χ1n) is 6.95. The highest BCUT2D eigenvalue weighted by Crippen LogP contribution is 2.25. The van der Waals surface area contributed by atoms with Crippen LogP contribution in [0, 0.1) is 5.82 Å². The number of nitrogens with two attached hydrogens (primary N) is 1. The Balaban J connectivity index is 2.02. The van der Waals surface area contributed by atoms with Gasteiger partial charge in [0.05, 0.1) is 43.4 Å². The summed E-state index contributed by atoms with van der Waals surface area (Å²) in [5.74, 6) is -0.233. The SMILES string of the molecule is NC(c1nc2cc(F)ccc2n1CC(F)F)[C@@H]1COCCO1. The van der Waals surface area contributed by atoms with E-state index in [9.17, 15) is 13.2 Å². The molecule has 2 N–H and O–H groups in total. The van der Waals surface area contributed by atoms with Crippen LogP contribution >= 0.6 is 0 Å². The van der Waals surface area contributed by atoms with E-state index in [2.05, 4.69) is 4.98 Å². The van der Waals surface area contributed by atoms with E-state index in [1.165, 1.54) is 22.8 Å². The first kappa shape index (κ1) is 15.3. The number of hydrogen-bond acceptors (Lipinski definition) is 4. The molecule has 0 saturated carbocycles. The van der Waals surface area contributed by atoms with Crippen molar-refractivity contribution in [1.82, 2.24) is 9.55 Å². The second kappa shape index (κ2) is 6.23. The molecule has 2 atom stereocenters. The number of aromatic nitrogens is 2. The molecule has 1 unspecified atom stereocenters. The van der Waals surface area contributed by atoms with Gasteiger partial charge in [0.25, 0.3) is 6.43 Å².